The zero-order valence-electron chi connectivity index (χ0n) is 22.4. The molecule has 33 heavy (non-hydrogen) atoms. The molecule has 0 aromatic carbocycles. The molecule has 0 bridgehead atoms. The highest BCUT2D eigenvalue weighted by molar-refractivity contribution is 7.96. The Balaban J connectivity index is 2.49. The number of likely N-dealkylation sites (tertiary alicyclic amines) is 1. The highest BCUT2D eigenvalue weighted by atomic mass is 32.2. The van der Waals surface area contributed by atoms with Crippen LogP contribution >= 0.6 is 11.9 Å². The summed E-state index contributed by atoms with van der Waals surface area (Å²) < 4.78 is 3.08. The highest BCUT2D eigenvalue weighted by Gasteiger charge is 2.30. The smallest absolute Gasteiger partial charge is 0.225 e. The number of amides is 1. The normalized spacial score (nSPS) is 18.1. The minimum Gasteiger partial charge on any atom is -0.342 e. The Bertz CT molecular complexity index is 570. The van der Waals surface area contributed by atoms with Gasteiger partial charge in [0, 0.05) is 24.9 Å². The summed E-state index contributed by atoms with van der Waals surface area (Å²) in [6, 6.07) is 0. The van der Waals surface area contributed by atoms with Crippen molar-refractivity contribution < 1.29 is 9.59 Å². The fourth-order valence-electron chi connectivity index (χ4n) is 5.06. The molecule has 4 nitrogen and oxygen atoms in total. The summed E-state index contributed by atoms with van der Waals surface area (Å²) >= 11 is 1.51. The fourth-order valence-corrected chi connectivity index (χ4v) is 5.35. The Morgan fingerprint density at radius 3 is 2.30 bits per heavy atom. The van der Waals surface area contributed by atoms with Crippen LogP contribution in [0.1, 0.15) is 98.8 Å². The molecule has 1 N–H and O–H groups in total. The van der Waals surface area contributed by atoms with E-state index in [1.165, 1.54) is 24.8 Å². The third-order valence-electron chi connectivity index (χ3n) is 7.39. The Hall–Kier alpha value is -0.810. The Kier molecular flexibility index (Phi) is 16.1. The molecule has 0 radical (unpaired) electrons. The number of carbonyl (C=O) groups excluding carboxylic acids is 2. The summed E-state index contributed by atoms with van der Waals surface area (Å²) in [4.78, 5) is 27.6. The van der Waals surface area contributed by atoms with Crippen molar-refractivity contribution in [2.24, 2.45) is 29.6 Å². The summed E-state index contributed by atoms with van der Waals surface area (Å²) in [5.74, 6) is 3.07. The first kappa shape index (κ1) is 30.2. The van der Waals surface area contributed by atoms with E-state index in [0.29, 0.717) is 36.0 Å². The van der Waals surface area contributed by atoms with Gasteiger partial charge in [-0.1, -0.05) is 71.6 Å². The lowest BCUT2D eigenvalue weighted by molar-refractivity contribution is -0.137. The van der Waals surface area contributed by atoms with Crippen LogP contribution in [0.2, 0.25) is 0 Å². The van der Waals surface area contributed by atoms with Crippen molar-refractivity contribution in [2.75, 3.05) is 25.9 Å². The number of ketones is 1. The minimum atomic E-state index is 0.130. The van der Waals surface area contributed by atoms with E-state index >= 15 is 0 Å². The van der Waals surface area contributed by atoms with Crippen LogP contribution in [-0.4, -0.2) is 42.5 Å². The summed E-state index contributed by atoms with van der Waals surface area (Å²) in [5, 5.41) is 0. The van der Waals surface area contributed by atoms with Crippen LogP contribution in [-0.2, 0) is 9.59 Å². The van der Waals surface area contributed by atoms with Crippen LogP contribution in [0, 0.1) is 29.6 Å². The predicted octanol–water partition coefficient (Wildman–Crippen LogP) is 6.90. The third kappa shape index (κ3) is 11.9. The van der Waals surface area contributed by atoms with Crippen LogP contribution in [0.25, 0.3) is 0 Å². The fraction of sp³-hybridized carbons (Fsp3) is 0.857. The van der Waals surface area contributed by atoms with Crippen molar-refractivity contribution in [3.63, 3.8) is 0 Å². The number of Topliss-reactive ketones (excluding diaryl/α,β-unsaturated/α-hetero) is 1. The maximum absolute atomic E-state index is 13.1. The van der Waals surface area contributed by atoms with Crippen molar-refractivity contribution >= 4 is 23.6 Å². The zero-order chi connectivity index (χ0) is 24.6. The number of hydrogen-bond donors (Lipinski definition) is 1. The van der Waals surface area contributed by atoms with E-state index in [1.807, 2.05) is 6.26 Å². The molecular formula is C28H52N2O2S. The monoisotopic (exact) mass is 480 g/mol. The number of carbonyl (C=O) groups is 2. The number of hydrogen-bond acceptors (Lipinski definition) is 4. The second-order valence-corrected chi connectivity index (χ2v) is 11.2. The molecular weight excluding hydrogens is 428 g/mol. The molecule has 3 atom stereocenters. The van der Waals surface area contributed by atoms with Crippen molar-refractivity contribution in [2.45, 2.75) is 98.8 Å². The van der Waals surface area contributed by atoms with Gasteiger partial charge in [0.25, 0.3) is 0 Å². The van der Waals surface area contributed by atoms with Crippen molar-refractivity contribution in [3.05, 3.63) is 12.2 Å². The number of nitrogens with zero attached hydrogens (tertiary/aromatic N) is 1. The second-order valence-electron chi connectivity index (χ2n) is 10.5. The van der Waals surface area contributed by atoms with Crippen LogP contribution in [0.3, 0.4) is 0 Å². The average molecular weight is 481 g/mol. The van der Waals surface area contributed by atoms with Crippen LogP contribution in [0.4, 0.5) is 0 Å². The lowest BCUT2D eigenvalue weighted by Gasteiger charge is -2.38. The lowest BCUT2D eigenvalue weighted by atomic mass is 9.77. The number of rotatable bonds is 17. The van der Waals surface area contributed by atoms with Gasteiger partial charge in [0.1, 0.15) is 5.78 Å². The van der Waals surface area contributed by atoms with Crippen LogP contribution < -0.4 is 4.72 Å². The number of allylic oxidation sites excluding steroid dienone is 2. The van der Waals surface area contributed by atoms with Crippen molar-refractivity contribution in [3.8, 4) is 0 Å². The van der Waals surface area contributed by atoms with Crippen LogP contribution in [0.5, 0.6) is 0 Å². The maximum Gasteiger partial charge on any atom is 0.225 e. The van der Waals surface area contributed by atoms with Crippen molar-refractivity contribution in [1.82, 2.24) is 9.62 Å². The molecule has 1 heterocycles. The molecule has 1 saturated heterocycles. The first-order chi connectivity index (χ1) is 15.8. The predicted molar refractivity (Wildman–Crippen MR) is 144 cm³/mol. The van der Waals surface area contributed by atoms with Crippen LogP contribution in [0.15, 0.2) is 12.2 Å². The molecule has 0 aromatic heterocycles. The van der Waals surface area contributed by atoms with E-state index in [0.717, 1.165) is 64.5 Å². The van der Waals surface area contributed by atoms with Gasteiger partial charge >= 0.3 is 0 Å². The lowest BCUT2D eigenvalue weighted by Crippen LogP contribution is -2.43. The quantitative estimate of drug-likeness (QED) is 0.182. The van der Waals surface area contributed by atoms with Gasteiger partial charge in [-0.05, 0) is 75.4 Å². The Morgan fingerprint density at radius 1 is 1.03 bits per heavy atom. The first-order valence-corrected chi connectivity index (χ1v) is 14.8. The largest absolute Gasteiger partial charge is 0.342 e. The van der Waals surface area contributed by atoms with Gasteiger partial charge in [0.05, 0.1) is 6.54 Å². The number of piperidine rings is 1. The van der Waals surface area contributed by atoms with Gasteiger partial charge < -0.3 is 4.90 Å². The minimum absolute atomic E-state index is 0.130. The molecule has 0 spiro atoms. The summed E-state index contributed by atoms with van der Waals surface area (Å²) in [6.45, 7) is 13.3. The summed E-state index contributed by atoms with van der Waals surface area (Å²) in [6.07, 6.45) is 17.3. The molecule has 0 saturated carbocycles. The SMILES string of the molecule is CCCC(CCC(C)C(=O)CNSC)C1CCN(C(=O)C(CC)CC/C=C/CC(C)C)CC1. The van der Waals surface area contributed by atoms with Gasteiger partial charge in [-0.25, -0.2) is 0 Å². The molecule has 1 aliphatic rings. The van der Waals surface area contributed by atoms with E-state index in [-0.39, 0.29) is 11.8 Å². The highest BCUT2D eigenvalue weighted by Crippen LogP contribution is 2.33. The Labute approximate surface area is 209 Å². The molecule has 0 aromatic rings. The van der Waals surface area contributed by atoms with Crippen molar-refractivity contribution in [1.29, 1.82) is 0 Å². The standard InChI is InChI=1S/C28H52N2O2S/c1-7-12-25(16-15-23(5)27(31)21-29-33-6)26-17-19-30(20-18-26)28(32)24(8-2)14-11-9-10-13-22(3)4/h9-10,22-26,29H,7-8,11-21H2,1-6H3/b10-9+. The molecule has 5 heteroatoms. The molecule has 3 unspecified atom stereocenters. The zero-order valence-corrected chi connectivity index (χ0v) is 23.2. The molecule has 192 valence electrons. The molecule has 1 fully saturated rings. The van der Waals surface area contributed by atoms with E-state index in [4.69, 9.17) is 0 Å². The van der Waals surface area contributed by atoms with Gasteiger partial charge in [-0.2, -0.15) is 0 Å². The molecule has 0 aliphatic carbocycles. The molecule has 1 amide bonds. The van der Waals surface area contributed by atoms with E-state index < -0.39 is 0 Å². The Morgan fingerprint density at radius 2 is 1.73 bits per heavy atom. The van der Waals surface area contributed by atoms with E-state index in [2.05, 4.69) is 56.4 Å². The second kappa shape index (κ2) is 17.6. The van der Waals surface area contributed by atoms with Gasteiger partial charge in [-0.3, -0.25) is 14.3 Å². The third-order valence-corrected chi connectivity index (χ3v) is 7.82. The maximum atomic E-state index is 13.1. The topological polar surface area (TPSA) is 49.4 Å². The average Bonchev–Trinajstić information content (AvgIpc) is 2.81. The van der Waals surface area contributed by atoms with Gasteiger partial charge in [-0.15, -0.1) is 0 Å². The van der Waals surface area contributed by atoms with Gasteiger partial charge in [0.2, 0.25) is 5.91 Å². The molecule has 1 aliphatic heterocycles. The number of nitrogens with one attached hydrogen (secondary N) is 1. The molecule has 1 rings (SSSR count). The van der Waals surface area contributed by atoms with Gasteiger partial charge in [0.15, 0.2) is 0 Å². The summed E-state index contributed by atoms with van der Waals surface area (Å²) in [5.41, 5.74) is 0. The van der Waals surface area contributed by atoms with E-state index in [9.17, 15) is 9.59 Å². The summed E-state index contributed by atoms with van der Waals surface area (Å²) in [7, 11) is 0. The first-order valence-electron chi connectivity index (χ1n) is 13.6. The van der Waals surface area contributed by atoms with E-state index in [1.54, 1.807) is 0 Å².